The van der Waals surface area contributed by atoms with Gasteiger partial charge in [0.15, 0.2) is 5.11 Å². The molecule has 178 valence electrons. The predicted octanol–water partition coefficient (Wildman–Crippen LogP) is 6.50. The van der Waals surface area contributed by atoms with Gasteiger partial charge in [0.25, 0.3) is 11.8 Å². The minimum atomic E-state index is -0.462. The van der Waals surface area contributed by atoms with Gasteiger partial charge in [-0.05, 0) is 86.2 Å². The topological polar surface area (TPSA) is 45.6 Å². The summed E-state index contributed by atoms with van der Waals surface area (Å²) in [5, 5.41) is 0.743. The molecule has 0 saturated carbocycles. The van der Waals surface area contributed by atoms with Gasteiger partial charge in [0.2, 0.25) is 0 Å². The largest absolute Gasteiger partial charge is 0.318 e. The first kappa shape index (κ1) is 23.7. The fraction of sp³-hybridized carbons (Fsp3) is 0.0690. The molecular weight excluding hydrogens is 490 g/mol. The van der Waals surface area contributed by atoms with Crippen LogP contribution < -0.4 is 9.80 Å². The fourth-order valence-electron chi connectivity index (χ4n) is 4.44. The smallest absolute Gasteiger partial charge is 0.270 e. The van der Waals surface area contributed by atoms with Crippen LogP contribution in [-0.4, -0.2) is 21.5 Å². The van der Waals surface area contributed by atoms with Crippen LogP contribution in [0.2, 0.25) is 5.02 Å². The summed E-state index contributed by atoms with van der Waals surface area (Å²) < 4.78 is 2.05. The van der Waals surface area contributed by atoms with Crippen LogP contribution in [0.1, 0.15) is 17.0 Å². The molecule has 0 aliphatic carbocycles. The van der Waals surface area contributed by atoms with Crippen molar-refractivity contribution in [2.75, 3.05) is 9.80 Å². The number of amides is 2. The molecule has 1 aromatic heterocycles. The second-order valence-electron chi connectivity index (χ2n) is 8.43. The molecule has 1 aliphatic rings. The molecule has 1 aliphatic heterocycles. The van der Waals surface area contributed by atoms with Gasteiger partial charge in [-0.3, -0.25) is 19.4 Å². The third-order valence-electron chi connectivity index (χ3n) is 6.11. The summed E-state index contributed by atoms with van der Waals surface area (Å²) in [7, 11) is 0. The van der Waals surface area contributed by atoms with Gasteiger partial charge in [-0.2, -0.15) is 0 Å². The number of hydrogen-bond acceptors (Lipinski definition) is 3. The van der Waals surface area contributed by atoms with E-state index in [1.165, 1.54) is 9.80 Å². The molecule has 36 heavy (non-hydrogen) atoms. The number of halogens is 1. The van der Waals surface area contributed by atoms with E-state index in [1.54, 1.807) is 30.3 Å². The molecule has 3 aromatic carbocycles. The average Bonchev–Trinajstić information content (AvgIpc) is 3.15. The van der Waals surface area contributed by atoms with Crippen LogP contribution in [0.15, 0.2) is 96.6 Å². The first-order valence-electron chi connectivity index (χ1n) is 11.4. The van der Waals surface area contributed by atoms with Crippen LogP contribution in [0.5, 0.6) is 0 Å². The van der Waals surface area contributed by atoms with E-state index in [2.05, 4.69) is 0 Å². The van der Waals surface area contributed by atoms with E-state index >= 15 is 0 Å². The molecular formula is C29H22ClN3O2S. The molecule has 0 unspecified atom stereocenters. The van der Waals surface area contributed by atoms with Gasteiger partial charge < -0.3 is 4.57 Å². The van der Waals surface area contributed by atoms with Crippen molar-refractivity contribution in [3.63, 3.8) is 0 Å². The molecule has 7 heteroatoms. The van der Waals surface area contributed by atoms with Crippen LogP contribution in [0.4, 0.5) is 11.4 Å². The molecule has 0 N–H and O–H groups in total. The van der Waals surface area contributed by atoms with Crippen molar-refractivity contribution < 1.29 is 9.59 Å². The molecule has 0 radical (unpaired) electrons. The number of hydrogen-bond donors (Lipinski definition) is 0. The maximum Gasteiger partial charge on any atom is 0.270 e. The highest BCUT2D eigenvalue weighted by atomic mass is 35.5. The quantitative estimate of drug-likeness (QED) is 0.178. The van der Waals surface area contributed by atoms with Crippen LogP contribution in [-0.2, 0) is 9.59 Å². The Kier molecular flexibility index (Phi) is 6.31. The Bertz CT molecular complexity index is 1460. The first-order valence-corrected chi connectivity index (χ1v) is 12.1. The molecule has 1 fully saturated rings. The third kappa shape index (κ3) is 4.15. The van der Waals surface area contributed by atoms with Gasteiger partial charge in [-0.15, -0.1) is 0 Å². The van der Waals surface area contributed by atoms with E-state index in [0.717, 1.165) is 22.6 Å². The van der Waals surface area contributed by atoms with Gasteiger partial charge in [0.1, 0.15) is 5.57 Å². The van der Waals surface area contributed by atoms with Gasteiger partial charge in [0, 0.05) is 22.1 Å². The normalized spacial score (nSPS) is 14.0. The van der Waals surface area contributed by atoms with Crippen molar-refractivity contribution in [1.29, 1.82) is 0 Å². The lowest BCUT2D eigenvalue weighted by molar-refractivity contribution is -0.120. The molecule has 0 bridgehead atoms. The minimum absolute atomic E-state index is 0.0302. The van der Waals surface area contributed by atoms with E-state index in [-0.39, 0.29) is 10.7 Å². The van der Waals surface area contributed by atoms with Crippen LogP contribution in [0.3, 0.4) is 0 Å². The monoisotopic (exact) mass is 511 g/mol. The molecule has 5 nitrogen and oxygen atoms in total. The summed E-state index contributed by atoms with van der Waals surface area (Å²) in [5.74, 6) is -0.924. The Morgan fingerprint density at radius 1 is 0.722 bits per heavy atom. The standard InChI is InChI=1S/C29H22ClN3O2S/c1-19-16-21(20(2)31(19)25-15-9-10-22(30)18-25)17-26-27(34)32(23-11-5-3-6-12-23)29(36)33(28(26)35)24-13-7-4-8-14-24/h3-18H,1-2H3. The van der Waals surface area contributed by atoms with E-state index in [0.29, 0.717) is 16.4 Å². The fourth-order valence-corrected chi connectivity index (χ4v) is 5.00. The Balaban J connectivity index is 1.66. The molecule has 4 aromatic rings. The molecule has 2 amide bonds. The van der Waals surface area contributed by atoms with Crippen molar-refractivity contribution in [3.8, 4) is 5.69 Å². The second-order valence-corrected chi connectivity index (χ2v) is 9.24. The number of aromatic nitrogens is 1. The Morgan fingerprint density at radius 3 is 1.78 bits per heavy atom. The van der Waals surface area contributed by atoms with E-state index in [4.69, 9.17) is 23.8 Å². The SMILES string of the molecule is Cc1cc(C=C2C(=O)N(c3ccccc3)C(=S)N(c3ccccc3)C2=O)c(C)n1-c1cccc(Cl)c1. The maximum absolute atomic E-state index is 13.7. The average molecular weight is 512 g/mol. The van der Waals surface area contributed by atoms with Crippen LogP contribution in [0.25, 0.3) is 11.8 Å². The Morgan fingerprint density at radius 2 is 1.25 bits per heavy atom. The number of carbonyl (C=O) groups is 2. The lowest BCUT2D eigenvalue weighted by Gasteiger charge is -2.36. The lowest BCUT2D eigenvalue weighted by atomic mass is 10.1. The van der Waals surface area contributed by atoms with Crippen LogP contribution >= 0.6 is 23.8 Å². The number of aryl methyl sites for hydroxylation is 1. The lowest BCUT2D eigenvalue weighted by Crippen LogP contribution is -2.56. The summed E-state index contributed by atoms with van der Waals surface area (Å²) in [6, 6.07) is 27.7. The van der Waals surface area contributed by atoms with Crippen molar-refractivity contribution in [1.82, 2.24) is 4.57 Å². The first-order chi connectivity index (χ1) is 17.4. The maximum atomic E-state index is 13.7. The van der Waals surface area contributed by atoms with Gasteiger partial charge >= 0.3 is 0 Å². The number of rotatable bonds is 4. The van der Waals surface area contributed by atoms with Crippen molar-refractivity contribution in [2.45, 2.75) is 13.8 Å². The second kappa shape index (κ2) is 9.57. The number of para-hydroxylation sites is 2. The minimum Gasteiger partial charge on any atom is -0.318 e. The summed E-state index contributed by atoms with van der Waals surface area (Å²) >= 11 is 11.9. The van der Waals surface area contributed by atoms with Gasteiger partial charge in [0.05, 0.1) is 11.4 Å². The van der Waals surface area contributed by atoms with Crippen molar-refractivity contribution in [3.05, 3.63) is 119 Å². The van der Waals surface area contributed by atoms with Crippen LogP contribution in [0, 0.1) is 13.8 Å². The molecule has 5 rings (SSSR count). The highest BCUT2D eigenvalue weighted by Gasteiger charge is 2.41. The molecule has 2 heterocycles. The van der Waals surface area contributed by atoms with Gasteiger partial charge in [-0.1, -0.05) is 54.1 Å². The van der Waals surface area contributed by atoms with E-state index in [9.17, 15) is 9.59 Å². The Labute approximate surface area is 219 Å². The Hall–Kier alpha value is -4.00. The zero-order chi connectivity index (χ0) is 25.4. The third-order valence-corrected chi connectivity index (χ3v) is 6.72. The highest BCUT2D eigenvalue weighted by Crippen LogP contribution is 2.31. The molecule has 0 spiro atoms. The highest BCUT2D eigenvalue weighted by molar-refractivity contribution is 7.81. The number of nitrogens with zero attached hydrogens (tertiary/aromatic N) is 3. The predicted molar refractivity (Wildman–Crippen MR) is 149 cm³/mol. The van der Waals surface area contributed by atoms with E-state index in [1.807, 2.05) is 85.1 Å². The number of anilines is 2. The zero-order valence-corrected chi connectivity index (χ0v) is 21.3. The van der Waals surface area contributed by atoms with Gasteiger partial charge in [-0.25, -0.2) is 0 Å². The summed E-state index contributed by atoms with van der Waals surface area (Å²) in [6.07, 6.45) is 1.65. The number of carbonyl (C=O) groups excluding carboxylic acids is 2. The molecule has 0 atom stereocenters. The van der Waals surface area contributed by atoms with Crippen molar-refractivity contribution >= 4 is 58.2 Å². The summed E-state index contributed by atoms with van der Waals surface area (Å²) in [5.41, 5.74) is 4.72. The summed E-state index contributed by atoms with van der Waals surface area (Å²) in [4.78, 5) is 30.3. The summed E-state index contributed by atoms with van der Waals surface area (Å²) in [6.45, 7) is 3.93. The molecule has 1 saturated heterocycles. The van der Waals surface area contributed by atoms with E-state index < -0.39 is 11.8 Å². The zero-order valence-electron chi connectivity index (χ0n) is 19.7. The number of benzene rings is 3. The van der Waals surface area contributed by atoms with Crippen molar-refractivity contribution in [2.24, 2.45) is 0 Å². The number of thiocarbonyl (C=S) groups is 1.